The Balaban J connectivity index is 2.08. The fraction of sp³-hybridized carbons (Fsp3) is 0.667. The molecule has 104 valence electrons. The standard InChI is InChI=1S/C12H18N4O3/c1-13-11-10(16(17)18)12(15-8-14-11)19-7-9-5-3-2-4-6-9/h8-9H,2-7H2,1H3,(H,13,14,15). The molecule has 1 aliphatic carbocycles. The van der Waals surface area contributed by atoms with Gasteiger partial charge in [-0.3, -0.25) is 10.1 Å². The highest BCUT2D eigenvalue weighted by molar-refractivity contribution is 5.60. The molecule has 1 fully saturated rings. The molecule has 0 amide bonds. The van der Waals surface area contributed by atoms with Crippen LogP contribution in [0.25, 0.3) is 0 Å². The summed E-state index contributed by atoms with van der Waals surface area (Å²) < 4.78 is 5.55. The number of nitrogens with one attached hydrogen (secondary N) is 1. The van der Waals surface area contributed by atoms with E-state index in [2.05, 4.69) is 15.3 Å². The lowest BCUT2D eigenvalue weighted by atomic mass is 9.90. The summed E-state index contributed by atoms with van der Waals surface area (Å²) >= 11 is 0. The number of anilines is 1. The molecule has 2 rings (SSSR count). The van der Waals surface area contributed by atoms with Gasteiger partial charge < -0.3 is 10.1 Å². The van der Waals surface area contributed by atoms with E-state index in [1.165, 1.54) is 25.6 Å². The molecule has 0 saturated heterocycles. The van der Waals surface area contributed by atoms with E-state index in [1.807, 2.05) is 0 Å². The van der Waals surface area contributed by atoms with Crippen LogP contribution in [0.1, 0.15) is 32.1 Å². The number of hydrogen-bond acceptors (Lipinski definition) is 6. The molecule has 0 spiro atoms. The molecule has 1 aromatic heterocycles. The Labute approximate surface area is 111 Å². The second-order valence-corrected chi connectivity index (χ2v) is 4.70. The predicted molar refractivity (Wildman–Crippen MR) is 70.3 cm³/mol. The minimum atomic E-state index is -0.512. The molecule has 1 aliphatic rings. The van der Waals surface area contributed by atoms with Crippen molar-refractivity contribution < 1.29 is 9.66 Å². The van der Waals surface area contributed by atoms with E-state index >= 15 is 0 Å². The van der Waals surface area contributed by atoms with Crippen LogP contribution in [0, 0.1) is 16.0 Å². The van der Waals surface area contributed by atoms with Crippen molar-refractivity contribution in [2.45, 2.75) is 32.1 Å². The number of nitro groups is 1. The zero-order chi connectivity index (χ0) is 13.7. The highest BCUT2D eigenvalue weighted by Gasteiger charge is 2.24. The van der Waals surface area contributed by atoms with Crippen molar-refractivity contribution in [3.8, 4) is 5.88 Å². The fourth-order valence-corrected chi connectivity index (χ4v) is 2.37. The van der Waals surface area contributed by atoms with Gasteiger partial charge in [0.05, 0.1) is 11.5 Å². The van der Waals surface area contributed by atoms with Crippen LogP contribution in [0.4, 0.5) is 11.5 Å². The normalized spacial score (nSPS) is 16.1. The average molecular weight is 266 g/mol. The van der Waals surface area contributed by atoms with E-state index in [0.29, 0.717) is 12.5 Å². The first-order chi connectivity index (χ1) is 9.22. The third-order valence-corrected chi connectivity index (χ3v) is 3.39. The van der Waals surface area contributed by atoms with Gasteiger partial charge in [0.25, 0.3) is 5.88 Å². The zero-order valence-electron chi connectivity index (χ0n) is 11.0. The molecule has 0 bridgehead atoms. The highest BCUT2D eigenvalue weighted by atomic mass is 16.6. The quantitative estimate of drug-likeness (QED) is 0.650. The van der Waals surface area contributed by atoms with Gasteiger partial charge in [-0.15, -0.1) is 0 Å². The highest BCUT2D eigenvalue weighted by Crippen LogP contribution is 2.31. The molecule has 1 aromatic rings. The van der Waals surface area contributed by atoms with Gasteiger partial charge in [-0.1, -0.05) is 19.3 Å². The summed E-state index contributed by atoms with van der Waals surface area (Å²) in [5.41, 5.74) is -0.194. The SMILES string of the molecule is CNc1ncnc(OCC2CCCCC2)c1[N+](=O)[O-]. The van der Waals surface area contributed by atoms with E-state index in [4.69, 9.17) is 4.74 Å². The van der Waals surface area contributed by atoms with Gasteiger partial charge >= 0.3 is 5.69 Å². The first kappa shape index (κ1) is 13.5. The Morgan fingerprint density at radius 2 is 2.16 bits per heavy atom. The maximum absolute atomic E-state index is 11.1. The smallest absolute Gasteiger partial charge is 0.372 e. The van der Waals surface area contributed by atoms with Crippen LogP contribution in [0.5, 0.6) is 5.88 Å². The Morgan fingerprint density at radius 3 is 2.79 bits per heavy atom. The second-order valence-electron chi connectivity index (χ2n) is 4.70. The monoisotopic (exact) mass is 266 g/mol. The molecule has 1 saturated carbocycles. The van der Waals surface area contributed by atoms with Crippen LogP contribution >= 0.6 is 0 Å². The number of rotatable bonds is 5. The van der Waals surface area contributed by atoms with Crippen molar-refractivity contribution in [1.29, 1.82) is 0 Å². The molecule has 0 radical (unpaired) electrons. The predicted octanol–water partition coefficient (Wildman–Crippen LogP) is 2.39. The van der Waals surface area contributed by atoms with Gasteiger partial charge in [0.2, 0.25) is 5.82 Å². The third-order valence-electron chi connectivity index (χ3n) is 3.39. The molecule has 1 N–H and O–H groups in total. The first-order valence-electron chi connectivity index (χ1n) is 6.52. The third kappa shape index (κ3) is 3.30. The van der Waals surface area contributed by atoms with Gasteiger partial charge in [-0.25, -0.2) is 4.98 Å². The van der Waals surface area contributed by atoms with E-state index in [1.54, 1.807) is 7.05 Å². The molecule has 7 nitrogen and oxygen atoms in total. The van der Waals surface area contributed by atoms with Crippen LogP contribution in [-0.2, 0) is 0 Å². The van der Waals surface area contributed by atoms with Gasteiger partial charge in [0.1, 0.15) is 6.33 Å². The van der Waals surface area contributed by atoms with Crippen molar-refractivity contribution in [2.24, 2.45) is 5.92 Å². The summed E-state index contributed by atoms with van der Waals surface area (Å²) in [6.07, 6.45) is 7.21. The van der Waals surface area contributed by atoms with Crippen molar-refractivity contribution in [1.82, 2.24) is 9.97 Å². The van der Waals surface area contributed by atoms with Gasteiger partial charge in [0.15, 0.2) is 0 Å². The second kappa shape index (κ2) is 6.31. The number of hydrogen-bond donors (Lipinski definition) is 1. The number of nitrogens with zero attached hydrogens (tertiary/aromatic N) is 3. The summed E-state index contributed by atoms with van der Waals surface area (Å²) in [7, 11) is 1.58. The van der Waals surface area contributed by atoms with Crippen LogP contribution in [-0.4, -0.2) is 28.5 Å². The van der Waals surface area contributed by atoms with E-state index in [-0.39, 0.29) is 17.4 Å². The summed E-state index contributed by atoms with van der Waals surface area (Å²) in [5.74, 6) is 0.704. The molecule has 0 unspecified atom stereocenters. The summed E-state index contributed by atoms with van der Waals surface area (Å²) in [5, 5.41) is 13.7. The lowest BCUT2D eigenvalue weighted by Crippen LogP contribution is -2.16. The lowest BCUT2D eigenvalue weighted by Gasteiger charge is -2.21. The summed E-state index contributed by atoms with van der Waals surface area (Å²) in [6.45, 7) is 0.487. The zero-order valence-corrected chi connectivity index (χ0v) is 11.0. The van der Waals surface area contributed by atoms with E-state index < -0.39 is 4.92 Å². The minimum Gasteiger partial charge on any atom is -0.472 e. The molecule has 0 aromatic carbocycles. The van der Waals surface area contributed by atoms with Gasteiger partial charge in [0, 0.05) is 7.05 Å². The average Bonchev–Trinajstić information content (AvgIpc) is 2.45. The van der Waals surface area contributed by atoms with Gasteiger partial charge in [-0.05, 0) is 18.8 Å². The van der Waals surface area contributed by atoms with Crippen LogP contribution in [0.2, 0.25) is 0 Å². The molecular weight excluding hydrogens is 248 g/mol. The fourth-order valence-electron chi connectivity index (χ4n) is 2.37. The Kier molecular flexibility index (Phi) is 4.48. The van der Waals surface area contributed by atoms with Crippen LogP contribution in [0.3, 0.4) is 0 Å². The molecule has 0 atom stereocenters. The van der Waals surface area contributed by atoms with Crippen molar-refractivity contribution in [2.75, 3.05) is 19.0 Å². The Hall–Kier alpha value is -1.92. The summed E-state index contributed by atoms with van der Waals surface area (Å²) in [6, 6.07) is 0. The maximum Gasteiger partial charge on any atom is 0.372 e. The molecule has 1 heterocycles. The van der Waals surface area contributed by atoms with Crippen LogP contribution < -0.4 is 10.1 Å². The largest absolute Gasteiger partial charge is 0.472 e. The first-order valence-corrected chi connectivity index (χ1v) is 6.52. The molecular formula is C12H18N4O3. The van der Waals surface area contributed by atoms with Crippen molar-refractivity contribution >= 4 is 11.5 Å². The van der Waals surface area contributed by atoms with Crippen molar-refractivity contribution in [3.63, 3.8) is 0 Å². The van der Waals surface area contributed by atoms with Crippen molar-refractivity contribution in [3.05, 3.63) is 16.4 Å². The van der Waals surface area contributed by atoms with Gasteiger partial charge in [-0.2, -0.15) is 4.98 Å². The lowest BCUT2D eigenvalue weighted by molar-refractivity contribution is -0.385. The topological polar surface area (TPSA) is 90.2 Å². The van der Waals surface area contributed by atoms with Crippen LogP contribution in [0.15, 0.2) is 6.33 Å². The Bertz CT molecular complexity index is 447. The Morgan fingerprint density at radius 1 is 1.42 bits per heavy atom. The van der Waals surface area contributed by atoms with E-state index in [0.717, 1.165) is 12.8 Å². The minimum absolute atomic E-state index is 0.0509. The number of ether oxygens (including phenoxy) is 1. The molecule has 7 heteroatoms. The van der Waals surface area contributed by atoms with E-state index in [9.17, 15) is 10.1 Å². The maximum atomic E-state index is 11.1. The molecule has 19 heavy (non-hydrogen) atoms. The summed E-state index contributed by atoms with van der Waals surface area (Å²) in [4.78, 5) is 18.3. The molecule has 0 aliphatic heterocycles. The number of aromatic nitrogens is 2.